The van der Waals surface area contributed by atoms with Crippen molar-refractivity contribution in [3.8, 4) is 5.75 Å². The van der Waals surface area contributed by atoms with Gasteiger partial charge in [-0.1, -0.05) is 35.9 Å². The second-order valence-electron chi connectivity index (χ2n) is 10.0. The smallest absolute Gasteiger partial charge is 0.410 e. The fraction of sp³-hybridized carbons (Fsp3) is 0.310. The van der Waals surface area contributed by atoms with E-state index in [1.54, 1.807) is 57.2 Å². The normalized spacial score (nSPS) is 12.3. The molecule has 1 N–H and O–H groups in total. The maximum Gasteiger partial charge on any atom is 0.410 e. The summed E-state index contributed by atoms with van der Waals surface area (Å²) >= 11 is 6.05. The summed E-state index contributed by atoms with van der Waals surface area (Å²) in [6.07, 6.45) is -1.16. The molecule has 3 aromatic rings. The summed E-state index contributed by atoms with van der Waals surface area (Å²) in [6, 6.07) is 18.6. The Morgan fingerprint density at radius 3 is 2.12 bits per heavy atom. The average Bonchev–Trinajstić information content (AvgIpc) is 2.89. The molecule has 1 amide bonds. The highest BCUT2D eigenvalue weighted by Gasteiger charge is 2.25. The average molecular weight is 590 g/mol. The summed E-state index contributed by atoms with van der Waals surface area (Å²) in [5, 5.41) is 11.2. The van der Waals surface area contributed by atoms with E-state index in [0.717, 1.165) is 5.56 Å². The standard InChI is InChI=1S/C29H32ClNO8S/c1-20(32)38-39-24-10-14-26(15-11-24)40(35,36)25-12-8-21(9-13-25)16-17-31(28(34)37-29(2,3)4)19-27(33)22-6-5-7-23(30)18-22/h5-15,18,27,33H,16-17,19H2,1-4H3/t27-/m0/s1. The van der Waals surface area contributed by atoms with Crippen LogP contribution in [-0.2, 0) is 30.7 Å². The molecular formula is C29H32ClNO8S. The zero-order valence-electron chi connectivity index (χ0n) is 22.7. The molecule has 0 heterocycles. The summed E-state index contributed by atoms with van der Waals surface area (Å²) < 4.78 is 31.6. The summed E-state index contributed by atoms with van der Waals surface area (Å²) in [5.41, 5.74) is 0.633. The van der Waals surface area contributed by atoms with Gasteiger partial charge in [-0.2, -0.15) is 0 Å². The van der Waals surface area contributed by atoms with Gasteiger partial charge in [0.1, 0.15) is 5.60 Å². The second-order valence-corrected chi connectivity index (χ2v) is 12.4. The van der Waals surface area contributed by atoms with Crippen LogP contribution >= 0.6 is 11.6 Å². The van der Waals surface area contributed by atoms with Crippen molar-refractivity contribution in [1.29, 1.82) is 0 Å². The minimum absolute atomic E-state index is 0.0150. The highest BCUT2D eigenvalue weighted by atomic mass is 35.5. The van der Waals surface area contributed by atoms with Crippen molar-refractivity contribution in [1.82, 2.24) is 4.90 Å². The van der Waals surface area contributed by atoms with E-state index in [4.69, 9.17) is 21.2 Å². The quantitative estimate of drug-likeness (QED) is 0.242. The van der Waals surface area contributed by atoms with E-state index < -0.39 is 33.6 Å². The van der Waals surface area contributed by atoms with Crippen molar-refractivity contribution < 1.29 is 37.6 Å². The Labute approximate surface area is 239 Å². The summed E-state index contributed by atoms with van der Waals surface area (Å²) in [5.74, 6) is -0.456. The fourth-order valence-corrected chi connectivity index (χ4v) is 5.09. The van der Waals surface area contributed by atoms with Crippen molar-refractivity contribution in [3.05, 3.63) is 88.9 Å². The van der Waals surface area contributed by atoms with E-state index in [9.17, 15) is 23.1 Å². The van der Waals surface area contributed by atoms with E-state index >= 15 is 0 Å². The molecule has 0 saturated carbocycles. The van der Waals surface area contributed by atoms with Crippen LogP contribution in [0.5, 0.6) is 5.75 Å². The minimum Gasteiger partial charge on any atom is -0.444 e. The molecule has 0 radical (unpaired) electrons. The Hall–Kier alpha value is -3.60. The van der Waals surface area contributed by atoms with E-state index in [0.29, 0.717) is 17.0 Å². The molecule has 0 bridgehead atoms. The Morgan fingerprint density at radius 1 is 0.975 bits per heavy atom. The minimum atomic E-state index is -3.81. The molecule has 0 fully saturated rings. The van der Waals surface area contributed by atoms with Crippen LogP contribution < -0.4 is 4.89 Å². The largest absolute Gasteiger partial charge is 0.444 e. The van der Waals surface area contributed by atoms with Gasteiger partial charge in [0.05, 0.1) is 22.4 Å². The number of hydrogen-bond donors (Lipinski definition) is 1. The second kappa shape index (κ2) is 13.2. The van der Waals surface area contributed by atoms with Crippen LogP contribution in [0.1, 0.15) is 44.9 Å². The highest BCUT2D eigenvalue weighted by molar-refractivity contribution is 7.91. The maximum absolute atomic E-state index is 13.1. The number of aliphatic hydroxyl groups excluding tert-OH is 1. The van der Waals surface area contributed by atoms with Crippen molar-refractivity contribution in [2.24, 2.45) is 0 Å². The Bertz CT molecular complexity index is 1420. The Balaban J connectivity index is 1.70. The van der Waals surface area contributed by atoms with E-state index in [2.05, 4.69) is 4.89 Å². The molecule has 9 nitrogen and oxygen atoms in total. The summed E-state index contributed by atoms with van der Waals surface area (Å²) in [7, 11) is -3.81. The number of hydrogen-bond acceptors (Lipinski definition) is 8. The lowest BCUT2D eigenvalue weighted by Crippen LogP contribution is -2.40. The molecule has 0 aliphatic heterocycles. The van der Waals surface area contributed by atoms with Crippen molar-refractivity contribution >= 4 is 33.5 Å². The third-order valence-corrected chi connectivity index (χ3v) is 7.59. The van der Waals surface area contributed by atoms with Gasteiger partial charge in [0.15, 0.2) is 5.75 Å². The van der Waals surface area contributed by atoms with Crippen LogP contribution in [0.15, 0.2) is 82.6 Å². The van der Waals surface area contributed by atoms with Gasteiger partial charge < -0.3 is 14.7 Å². The molecule has 0 aromatic heterocycles. The molecule has 0 unspecified atom stereocenters. The number of ether oxygens (including phenoxy) is 1. The lowest BCUT2D eigenvalue weighted by molar-refractivity contribution is -0.210. The monoisotopic (exact) mass is 589 g/mol. The van der Waals surface area contributed by atoms with Gasteiger partial charge in [0.25, 0.3) is 0 Å². The summed E-state index contributed by atoms with van der Waals surface area (Å²) in [6.45, 7) is 6.67. The molecule has 0 spiro atoms. The predicted octanol–water partition coefficient (Wildman–Crippen LogP) is 5.54. The number of aliphatic hydroxyl groups is 1. The van der Waals surface area contributed by atoms with Crippen molar-refractivity contribution in [2.45, 2.75) is 55.6 Å². The first-order valence-electron chi connectivity index (χ1n) is 12.5. The molecule has 3 rings (SSSR count). The lowest BCUT2D eigenvalue weighted by Gasteiger charge is -2.29. The summed E-state index contributed by atoms with van der Waals surface area (Å²) in [4.78, 5) is 34.6. The van der Waals surface area contributed by atoms with Gasteiger partial charge in [0, 0.05) is 18.5 Å². The number of rotatable bonds is 10. The van der Waals surface area contributed by atoms with Gasteiger partial charge in [-0.15, -0.1) is 0 Å². The zero-order chi connectivity index (χ0) is 29.5. The molecule has 11 heteroatoms. The Kier molecular flexibility index (Phi) is 10.2. The first-order valence-corrected chi connectivity index (χ1v) is 14.3. The first-order chi connectivity index (χ1) is 18.7. The van der Waals surface area contributed by atoms with Gasteiger partial charge in [-0.25, -0.2) is 18.0 Å². The van der Waals surface area contributed by atoms with Crippen molar-refractivity contribution in [3.63, 3.8) is 0 Å². The molecule has 0 aliphatic rings. The van der Waals surface area contributed by atoms with Crippen LogP contribution in [0.3, 0.4) is 0 Å². The molecule has 0 aliphatic carbocycles. The predicted molar refractivity (Wildman–Crippen MR) is 149 cm³/mol. The Morgan fingerprint density at radius 2 is 1.57 bits per heavy atom. The lowest BCUT2D eigenvalue weighted by atomic mass is 10.1. The van der Waals surface area contributed by atoms with Gasteiger partial charge in [-0.3, -0.25) is 9.78 Å². The fourth-order valence-electron chi connectivity index (χ4n) is 3.63. The number of carbonyl (C=O) groups is 2. The number of benzene rings is 3. The third kappa shape index (κ3) is 8.97. The molecule has 3 aromatic carbocycles. The number of halogens is 1. The zero-order valence-corrected chi connectivity index (χ0v) is 24.2. The number of amides is 1. The van der Waals surface area contributed by atoms with E-state index in [1.807, 2.05) is 0 Å². The SMILES string of the molecule is CC(=O)OOc1ccc(S(=O)(=O)c2ccc(CCN(C[C@H](O)c3cccc(Cl)c3)C(=O)OC(C)(C)C)cc2)cc1. The van der Waals surface area contributed by atoms with E-state index in [-0.39, 0.29) is 28.6 Å². The van der Waals surface area contributed by atoms with Gasteiger partial charge in [-0.05, 0) is 86.8 Å². The first kappa shape index (κ1) is 30.9. The number of carbonyl (C=O) groups excluding carboxylic acids is 2. The highest BCUT2D eigenvalue weighted by Crippen LogP contribution is 2.24. The van der Waals surface area contributed by atoms with Crippen LogP contribution in [0.2, 0.25) is 5.02 Å². The van der Waals surface area contributed by atoms with Crippen LogP contribution in [0.4, 0.5) is 4.79 Å². The van der Waals surface area contributed by atoms with Crippen LogP contribution in [-0.4, -0.2) is 49.2 Å². The number of nitrogens with zero attached hydrogens (tertiary/aromatic N) is 1. The molecule has 40 heavy (non-hydrogen) atoms. The van der Waals surface area contributed by atoms with Crippen LogP contribution in [0, 0.1) is 0 Å². The number of sulfone groups is 1. The van der Waals surface area contributed by atoms with Gasteiger partial charge >= 0.3 is 12.1 Å². The van der Waals surface area contributed by atoms with E-state index in [1.165, 1.54) is 48.2 Å². The molecular weight excluding hydrogens is 558 g/mol. The topological polar surface area (TPSA) is 119 Å². The maximum atomic E-state index is 13.1. The molecule has 214 valence electrons. The van der Waals surface area contributed by atoms with Crippen molar-refractivity contribution in [2.75, 3.05) is 13.1 Å². The van der Waals surface area contributed by atoms with Crippen LogP contribution in [0.25, 0.3) is 0 Å². The van der Waals surface area contributed by atoms with Gasteiger partial charge in [0.2, 0.25) is 9.84 Å². The molecule has 0 saturated heterocycles. The third-order valence-electron chi connectivity index (χ3n) is 5.57. The molecule has 1 atom stereocenters.